The maximum atomic E-state index is 14.5. The topological polar surface area (TPSA) is 175 Å². The zero-order chi connectivity index (χ0) is 42.9. The third kappa shape index (κ3) is 9.29. The number of nitrogens with zero attached hydrogens (tertiary/aromatic N) is 1. The molecule has 16 atom stereocenters. The fourth-order valence-corrected chi connectivity index (χ4v) is 9.59. The molecule has 4 aliphatic rings. The van der Waals surface area contributed by atoms with Crippen LogP contribution in [-0.4, -0.2) is 121 Å². The van der Waals surface area contributed by atoms with Gasteiger partial charge in [-0.2, -0.15) is 0 Å². The number of hydrogen-bond acceptors (Lipinski definition) is 15. The molecule has 0 radical (unpaired) electrons. The van der Waals surface area contributed by atoms with E-state index in [2.05, 4.69) is 6.58 Å². The summed E-state index contributed by atoms with van der Waals surface area (Å²) in [6.45, 7) is 17.5. The summed E-state index contributed by atoms with van der Waals surface area (Å²) in [5.74, 6) is -4.99. The standard InChI is InChI=1S/C42H60ClNO14/c1-12-18-50-33(26-16-14-15-17-27(26)43)37(47)53-32-24(6)34(55-38-30(45)28(44(10)11)19-22(4)51-38)41(8)20-21(3)31(54-39(48)57-41)23(5)35-42(9,58-40(49)56-35)29(13-2)52-36(46)25(32)7/h12,14-17,21-25,28-35,38,45H,1,13,18-20H2,2-11H3/t21-,22+,23+,24+,25-,28-,29-,30+,31?,32+,33?,34-,35-,38-,41-,42-/m1/s1. The molecule has 1 N–H and O–H groups in total. The van der Waals surface area contributed by atoms with Crippen molar-refractivity contribution in [2.45, 2.75) is 147 Å². The molecule has 2 unspecified atom stereocenters. The predicted molar refractivity (Wildman–Crippen MR) is 208 cm³/mol. The number of aliphatic hydroxyl groups is 1. The van der Waals surface area contributed by atoms with Crippen LogP contribution in [0.4, 0.5) is 9.59 Å². The molecule has 16 heteroatoms. The lowest BCUT2D eigenvalue weighted by molar-refractivity contribution is -0.299. The van der Waals surface area contributed by atoms with Gasteiger partial charge >= 0.3 is 24.2 Å². The minimum Gasteiger partial charge on any atom is -0.459 e. The van der Waals surface area contributed by atoms with E-state index in [0.29, 0.717) is 12.0 Å². The monoisotopic (exact) mass is 837 g/mol. The summed E-state index contributed by atoms with van der Waals surface area (Å²) >= 11 is 6.56. The quantitative estimate of drug-likeness (QED) is 0.161. The van der Waals surface area contributed by atoms with Gasteiger partial charge in [-0.05, 0) is 73.0 Å². The molecule has 0 aromatic heterocycles. The molecule has 1 aromatic carbocycles. The van der Waals surface area contributed by atoms with Crippen LogP contribution in [-0.2, 0) is 52.2 Å². The van der Waals surface area contributed by atoms with Crippen molar-refractivity contribution < 1.29 is 66.9 Å². The molecule has 5 rings (SSSR count). The Kier molecular flexibility index (Phi) is 14.5. The van der Waals surface area contributed by atoms with Gasteiger partial charge in [0.25, 0.3) is 0 Å². The van der Waals surface area contributed by atoms with E-state index in [4.69, 9.17) is 54.2 Å². The molecule has 4 heterocycles. The lowest BCUT2D eigenvalue weighted by Crippen LogP contribution is -2.60. The van der Waals surface area contributed by atoms with Gasteiger partial charge in [-0.25, -0.2) is 14.4 Å². The van der Waals surface area contributed by atoms with Crippen molar-refractivity contribution in [2.24, 2.45) is 23.7 Å². The molecule has 0 amide bonds. The average molecular weight is 838 g/mol. The molecule has 0 saturated carbocycles. The van der Waals surface area contributed by atoms with Crippen LogP contribution in [0.25, 0.3) is 0 Å². The van der Waals surface area contributed by atoms with Crippen molar-refractivity contribution in [1.82, 2.24) is 4.90 Å². The van der Waals surface area contributed by atoms with Gasteiger partial charge < -0.3 is 52.6 Å². The Morgan fingerprint density at radius 1 is 1.03 bits per heavy atom. The number of fused-ring (bicyclic) bond motifs is 4. The zero-order valence-electron chi connectivity index (χ0n) is 35.1. The molecule has 4 saturated heterocycles. The summed E-state index contributed by atoms with van der Waals surface area (Å²) in [6.07, 6.45) is -9.27. The molecule has 2 bridgehead atoms. The van der Waals surface area contributed by atoms with Gasteiger partial charge in [0.15, 0.2) is 24.1 Å². The number of benzene rings is 1. The van der Waals surface area contributed by atoms with Gasteiger partial charge in [0, 0.05) is 28.5 Å². The second-order valence-electron chi connectivity index (χ2n) is 16.9. The first-order valence-electron chi connectivity index (χ1n) is 20.1. The highest BCUT2D eigenvalue weighted by molar-refractivity contribution is 6.31. The van der Waals surface area contributed by atoms with E-state index < -0.39 is 108 Å². The Bertz CT molecular complexity index is 1660. The Labute approximate surface area is 345 Å². The van der Waals surface area contributed by atoms with Crippen LogP contribution in [0.5, 0.6) is 0 Å². The second kappa shape index (κ2) is 18.4. The van der Waals surface area contributed by atoms with E-state index >= 15 is 0 Å². The number of esters is 2. The fourth-order valence-electron chi connectivity index (χ4n) is 9.35. The molecule has 58 heavy (non-hydrogen) atoms. The highest BCUT2D eigenvalue weighted by Crippen LogP contribution is 2.46. The van der Waals surface area contributed by atoms with E-state index in [1.807, 2.05) is 32.8 Å². The van der Waals surface area contributed by atoms with Crippen molar-refractivity contribution >= 4 is 35.9 Å². The van der Waals surface area contributed by atoms with E-state index in [1.165, 1.54) is 6.08 Å². The van der Waals surface area contributed by atoms with Crippen LogP contribution in [0.1, 0.15) is 86.3 Å². The largest absolute Gasteiger partial charge is 0.509 e. The minimum atomic E-state index is -1.56. The first-order valence-corrected chi connectivity index (χ1v) is 20.5. The fraction of sp³-hybridized carbons (Fsp3) is 0.714. The van der Waals surface area contributed by atoms with Gasteiger partial charge in [-0.1, -0.05) is 63.6 Å². The molecular formula is C42H60ClNO14. The van der Waals surface area contributed by atoms with Crippen LogP contribution in [0, 0.1) is 23.7 Å². The number of carbonyl (C=O) groups excluding carboxylic acids is 4. The van der Waals surface area contributed by atoms with Crippen molar-refractivity contribution in [1.29, 1.82) is 0 Å². The molecule has 15 nitrogen and oxygen atoms in total. The summed E-state index contributed by atoms with van der Waals surface area (Å²) in [4.78, 5) is 57.6. The highest BCUT2D eigenvalue weighted by Gasteiger charge is 2.61. The van der Waals surface area contributed by atoms with Crippen LogP contribution >= 0.6 is 11.6 Å². The Morgan fingerprint density at radius 2 is 1.71 bits per heavy atom. The van der Waals surface area contributed by atoms with Crippen molar-refractivity contribution in [2.75, 3.05) is 20.7 Å². The number of hydrogen-bond donors (Lipinski definition) is 1. The van der Waals surface area contributed by atoms with Gasteiger partial charge in [-0.3, -0.25) is 4.79 Å². The zero-order valence-corrected chi connectivity index (χ0v) is 35.8. The van der Waals surface area contributed by atoms with Crippen LogP contribution in [0.3, 0.4) is 0 Å². The highest BCUT2D eigenvalue weighted by atomic mass is 35.5. The Balaban J connectivity index is 1.68. The van der Waals surface area contributed by atoms with E-state index in [0.717, 1.165) is 0 Å². The summed E-state index contributed by atoms with van der Waals surface area (Å²) < 4.78 is 55.3. The average Bonchev–Trinajstić information content (AvgIpc) is 3.41. The number of likely N-dealkylation sites (N-methyl/N-ethyl adjacent to an activating group) is 1. The Morgan fingerprint density at radius 3 is 2.34 bits per heavy atom. The molecule has 324 valence electrons. The van der Waals surface area contributed by atoms with Crippen LogP contribution in [0.2, 0.25) is 5.02 Å². The predicted octanol–water partition coefficient (Wildman–Crippen LogP) is 6.16. The lowest BCUT2D eigenvalue weighted by Gasteiger charge is -2.47. The van der Waals surface area contributed by atoms with E-state index in [9.17, 15) is 24.3 Å². The molecule has 0 spiro atoms. The molecule has 4 aliphatic heterocycles. The minimum absolute atomic E-state index is 0.0408. The molecular weight excluding hydrogens is 778 g/mol. The maximum Gasteiger partial charge on any atom is 0.509 e. The molecule has 0 aliphatic carbocycles. The number of halogens is 1. The van der Waals surface area contributed by atoms with Crippen LogP contribution < -0.4 is 0 Å². The summed E-state index contributed by atoms with van der Waals surface area (Å²) in [7, 11) is 3.69. The first-order chi connectivity index (χ1) is 27.3. The lowest BCUT2D eigenvalue weighted by atomic mass is 9.73. The summed E-state index contributed by atoms with van der Waals surface area (Å²) in [6, 6.07) is 6.27. The van der Waals surface area contributed by atoms with Crippen LogP contribution in [0.15, 0.2) is 36.9 Å². The number of carbonyl (C=O) groups is 4. The maximum absolute atomic E-state index is 14.5. The van der Waals surface area contributed by atoms with Crippen molar-refractivity contribution in [3.05, 3.63) is 47.5 Å². The number of ether oxygens (including phenoxy) is 9. The smallest absolute Gasteiger partial charge is 0.459 e. The van der Waals surface area contributed by atoms with Gasteiger partial charge in [0.05, 0.1) is 18.6 Å². The third-order valence-corrected chi connectivity index (χ3v) is 12.6. The van der Waals surface area contributed by atoms with Crippen molar-refractivity contribution in [3.63, 3.8) is 0 Å². The summed E-state index contributed by atoms with van der Waals surface area (Å²) in [5.41, 5.74) is -2.74. The molecule has 4 fully saturated rings. The number of cyclic esters (lactones) is 1. The molecule has 1 aromatic rings. The SMILES string of the molecule is C=CCOC(C(=O)O[C@H]1[C@H](C)[C@@H](O[C@H]2O[C@@H](C)C[C@@H](N(C)C)[C@@H]2O)[C@@]2(C)C[C@@H](C)C(OC(=O)O2)[C@H](C)[C@H]2OC(=O)O[C@]2(C)[C@@H](CC)OC(=O)[C@@H]1C)c1ccccc1Cl. The van der Waals surface area contributed by atoms with Gasteiger partial charge in [-0.15, -0.1) is 6.58 Å². The van der Waals surface area contributed by atoms with Crippen molar-refractivity contribution in [3.8, 4) is 0 Å². The summed E-state index contributed by atoms with van der Waals surface area (Å²) in [5, 5.41) is 11.9. The van der Waals surface area contributed by atoms with Gasteiger partial charge in [0.2, 0.25) is 0 Å². The Hall–Kier alpha value is -3.47. The number of aliphatic hydroxyl groups excluding tert-OH is 1. The number of rotatable bonds is 10. The third-order valence-electron chi connectivity index (χ3n) is 12.2. The van der Waals surface area contributed by atoms with E-state index in [1.54, 1.807) is 65.8 Å². The van der Waals surface area contributed by atoms with Gasteiger partial charge in [0.1, 0.15) is 36.1 Å². The first kappa shape index (κ1) is 45.6. The second-order valence-corrected chi connectivity index (χ2v) is 17.3. The van der Waals surface area contributed by atoms with E-state index in [-0.39, 0.29) is 36.6 Å². The normalized spacial score (nSPS) is 40.1.